The lowest BCUT2D eigenvalue weighted by Gasteiger charge is -2.25. The second-order valence-electron chi connectivity index (χ2n) is 9.01. The predicted molar refractivity (Wildman–Crippen MR) is 157 cm³/mol. The number of anilines is 3. The van der Waals surface area contributed by atoms with E-state index in [2.05, 4.69) is 169 Å². The zero-order valence-electron chi connectivity index (χ0n) is 20.5. The molecule has 0 amide bonds. The van der Waals surface area contributed by atoms with Gasteiger partial charge in [-0.25, -0.2) is 0 Å². The summed E-state index contributed by atoms with van der Waals surface area (Å²) in [5, 5.41) is 0. The average molecular weight is 474 g/mol. The van der Waals surface area contributed by atoms with Gasteiger partial charge < -0.3 is 4.90 Å². The minimum atomic E-state index is 1.13. The molecule has 1 nitrogen and oxygen atoms in total. The van der Waals surface area contributed by atoms with Crippen LogP contribution in [0, 0.1) is 0 Å². The molecule has 176 valence electrons. The van der Waals surface area contributed by atoms with Crippen molar-refractivity contribution in [2.45, 2.75) is 0 Å². The smallest absolute Gasteiger partial charge is 0.0462 e. The number of para-hydroxylation sites is 2. The summed E-state index contributed by atoms with van der Waals surface area (Å²) in [5.41, 5.74) is 10.8. The Bertz CT molecular complexity index is 1550. The first-order valence-corrected chi connectivity index (χ1v) is 12.6. The monoisotopic (exact) mass is 473 g/mol. The van der Waals surface area contributed by atoms with Crippen LogP contribution in [0.5, 0.6) is 0 Å². The fraction of sp³-hybridized carbons (Fsp3) is 0. The Morgan fingerprint density at radius 2 is 0.568 bits per heavy atom. The third kappa shape index (κ3) is 4.68. The zero-order valence-corrected chi connectivity index (χ0v) is 20.5. The van der Waals surface area contributed by atoms with E-state index in [0.717, 1.165) is 17.1 Å². The van der Waals surface area contributed by atoms with E-state index in [1.165, 1.54) is 33.4 Å². The maximum absolute atomic E-state index is 2.29. The van der Waals surface area contributed by atoms with Crippen molar-refractivity contribution in [2.24, 2.45) is 0 Å². The van der Waals surface area contributed by atoms with Crippen molar-refractivity contribution in [3.8, 4) is 33.4 Å². The minimum Gasteiger partial charge on any atom is -0.311 e. The molecule has 0 saturated carbocycles. The van der Waals surface area contributed by atoms with Gasteiger partial charge in [-0.15, -0.1) is 0 Å². The van der Waals surface area contributed by atoms with E-state index in [0.29, 0.717) is 0 Å². The predicted octanol–water partition coefficient (Wildman–Crippen LogP) is 10.2. The fourth-order valence-corrected chi connectivity index (χ4v) is 4.95. The van der Waals surface area contributed by atoms with Crippen LogP contribution in [-0.2, 0) is 0 Å². The van der Waals surface area contributed by atoms with Gasteiger partial charge in [0.2, 0.25) is 0 Å². The third-order valence-electron chi connectivity index (χ3n) is 6.69. The van der Waals surface area contributed by atoms with Crippen LogP contribution in [0.15, 0.2) is 164 Å². The Morgan fingerprint density at radius 3 is 1.03 bits per heavy atom. The Hall–Kier alpha value is -4.88. The van der Waals surface area contributed by atoms with Crippen LogP contribution >= 0.6 is 0 Å². The molecule has 0 atom stereocenters. The highest BCUT2D eigenvalue weighted by molar-refractivity contribution is 5.92. The molecule has 0 aliphatic heterocycles. The van der Waals surface area contributed by atoms with Gasteiger partial charge in [-0.2, -0.15) is 0 Å². The molecule has 0 saturated heterocycles. The van der Waals surface area contributed by atoms with Gasteiger partial charge in [-0.05, 0) is 69.8 Å². The first-order valence-electron chi connectivity index (χ1n) is 12.6. The van der Waals surface area contributed by atoms with Gasteiger partial charge in [0.15, 0.2) is 0 Å². The summed E-state index contributed by atoms with van der Waals surface area (Å²) < 4.78 is 0. The number of benzene rings is 6. The molecule has 0 N–H and O–H groups in total. The van der Waals surface area contributed by atoms with E-state index in [9.17, 15) is 0 Å². The SMILES string of the molecule is c1ccc(-c2ccccc2-c2ccccc2-c2ccc(N(c3ccccc3)c3ccccc3)cc2)cc1. The first-order chi connectivity index (χ1) is 18.4. The lowest BCUT2D eigenvalue weighted by molar-refractivity contribution is 1.28. The van der Waals surface area contributed by atoms with E-state index in [1.54, 1.807) is 0 Å². The lowest BCUT2D eigenvalue weighted by atomic mass is 9.89. The molecule has 0 spiro atoms. The Balaban J connectivity index is 1.42. The quantitative estimate of drug-likeness (QED) is 0.233. The van der Waals surface area contributed by atoms with Gasteiger partial charge >= 0.3 is 0 Å². The van der Waals surface area contributed by atoms with Crippen LogP contribution in [-0.4, -0.2) is 0 Å². The standard InChI is InChI=1S/C36H27N/c1-4-14-28(15-5-1)33-20-10-12-22-35(33)36-23-13-11-21-34(36)29-24-26-32(27-25-29)37(30-16-6-2-7-17-30)31-18-8-3-9-19-31/h1-27H. The molecular weight excluding hydrogens is 446 g/mol. The number of hydrogen-bond acceptors (Lipinski definition) is 1. The molecule has 6 rings (SSSR count). The van der Waals surface area contributed by atoms with E-state index < -0.39 is 0 Å². The third-order valence-corrected chi connectivity index (χ3v) is 6.69. The molecule has 0 aliphatic rings. The van der Waals surface area contributed by atoms with Gasteiger partial charge in [-0.3, -0.25) is 0 Å². The zero-order chi connectivity index (χ0) is 24.9. The molecule has 0 aliphatic carbocycles. The van der Waals surface area contributed by atoms with Gasteiger partial charge in [0.1, 0.15) is 0 Å². The molecule has 0 bridgehead atoms. The van der Waals surface area contributed by atoms with E-state index in [4.69, 9.17) is 0 Å². The molecular formula is C36H27N. The highest BCUT2D eigenvalue weighted by Crippen LogP contribution is 2.40. The molecule has 0 aromatic heterocycles. The summed E-state index contributed by atoms with van der Waals surface area (Å²) in [7, 11) is 0. The van der Waals surface area contributed by atoms with Crippen LogP contribution in [0.1, 0.15) is 0 Å². The van der Waals surface area contributed by atoms with Gasteiger partial charge in [0.05, 0.1) is 0 Å². The maximum atomic E-state index is 2.29. The first kappa shape index (κ1) is 22.6. The maximum Gasteiger partial charge on any atom is 0.0462 e. The van der Waals surface area contributed by atoms with Crippen molar-refractivity contribution in [3.05, 3.63) is 164 Å². The molecule has 6 aromatic carbocycles. The van der Waals surface area contributed by atoms with Crippen molar-refractivity contribution < 1.29 is 0 Å². The number of nitrogens with zero attached hydrogens (tertiary/aromatic N) is 1. The molecule has 37 heavy (non-hydrogen) atoms. The summed E-state index contributed by atoms with van der Waals surface area (Å²) in [6.07, 6.45) is 0. The fourth-order valence-electron chi connectivity index (χ4n) is 4.95. The molecule has 0 unspecified atom stereocenters. The van der Waals surface area contributed by atoms with Crippen LogP contribution < -0.4 is 4.90 Å². The summed E-state index contributed by atoms with van der Waals surface area (Å²) in [6, 6.07) is 57.9. The van der Waals surface area contributed by atoms with Crippen LogP contribution in [0.25, 0.3) is 33.4 Å². The van der Waals surface area contributed by atoms with Crippen molar-refractivity contribution in [3.63, 3.8) is 0 Å². The van der Waals surface area contributed by atoms with Crippen LogP contribution in [0.4, 0.5) is 17.1 Å². The number of rotatable bonds is 6. The van der Waals surface area contributed by atoms with Crippen LogP contribution in [0.2, 0.25) is 0 Å². The van der Waals surface area contributed by atoms with Gasteiger partial charge in [0.25, 0.3) is 0 Å². The normalized spacial score (nSPS) is 10.7. The van der Waals surface area contributed by atoms with E-state index >= 15 is 0 Å². The van der Waals surface area contributed by atoms with Gasteiger partial charge in [0, 0.05) is 17.1 Å². The van der Waals surface area contributed by atoms with Crippen molar-refractivity contribution in [1.82, 2.24) is 0 Å². The highest BCUT2D eigenvalue weighted by atomic mass is 15.1. The topological polar surface area (TPSA) is 3.24 Å². The molecule has 0 fully saturated rings. The summed E-state index contributed by atoms with van der Waals surface area (Å²) in [6.45, 7) is 0. The van der Waals surface area contributed by atoms with Crippen molar-refractivity contribution in [2.75, 3.05) is 4.90 Å². The molecule has 6 aromatic rings. The molecule has 1 heteroatoms. The van der Waals surface area contributed by atoms with Crippen LogP contribution in [0.3, 0.4) is 0 Å². The van der Waals surface area contributed by atoms with E-state index in [1.807, 2.05) is 0 Å². The largest absolute Gasteiger partial charge is 0.311 e. The van der Waals surface area contributed by atoms with Crippen molar-refractivity contribution >= 4 is 17.1 Å². The highest BCUT2D eigenvalue weighted by Gasteiger charge is 2.14. The summed E-state index contributed by atoms with van der Waals surface area (Å²) >= 11 is 0. The second-order valence-corrected chi connectivity index (χ2v) is 9.01. The number of hydrogen-bond donors (Lipinski definition) is 0. The Labute approximate surface area is 218 Å². The second kappa shape index (κ2) is 10.4. The molecule has 0 radical (unpaired) electrons. The average Bonchev–Trinajstić information content (AvgIpc) is 2.99. The summed E-state index contributed by atoms with van der Waals surface area (Å²) in [4.78, 5) is 2.29. The summed E-state index contributed by atoms with van der Waals surface area (Å²) in [5.74, 6) is 0. The van der Waals surface area contributed by atoms with Crippen molar-refractivity contribution in [1.29, 1.82) is 0 Å². The van der Waals surface area contributed by atoms with E-state index in [-0.39, 0.29) is 0 Å². The molecule has 0 heterocycles. The Kier molecular flexibility index (Phi) is 6.34. The Morgan fingerprint density at radius 1 is 0.243 bits per heavy atom. The lowest BCUT2D eigenvalue weighted by Crippen LogP contribution is -2.09. The minimum absolute atomic E-state index is 1.13. The van der Waals surface area contributed by atoms with Gasteiger partial charge in [-0.1, -0.05) is 127 Å².